The third kappa shape index (κ3) is 4.41. The lowest BCUT2D eigenvalue weighted by molar-refractivity contribution is -0.126. The normalized spacial score (nSPS) is 29.5. The van der Waals surface area contributed by atoms with Gasteiger partial charge in [0.15, 0.2) is 0 Å². The van der Waals surface area contributed by atoms with Crippen molar-refractivity contribution in [2.75, 3.05) is 0 Å². The zero-order valence-corrected chi connectivity index (χ0v) is 16.4. The summed E-state index contributed by atoms with van der Waals surface area (Å²) in [5.41, 5.74) is -0.540. The van der Waals surface area contributed by atoms with Gasteiger partial charge in [0.2, 0.25) is 5.91 Å². The highest BCUT2D eigenvalue weighted by Gasteiger charge is 2.65. The molecule has 0 radical (unpaired) electrons. The first-order chi connectivity index (χ1) is 10.8. The van der Waals surface area contributed by atoms with Crippen LogP contribution in [0.25, 0.3) is 0 Å². The second kappa shape index (κ2) is 6.21. The van der Waals surface area contributed by atoms with E-state index in [4.69, 9.17) is 0 Å². The summed E-state index contributed by atoms with van der Waals surface area (Å²) in [4.78, 5) is 27.1. The summed E-state index contributed by atoms with van der Waals surface area (Å²) in [7, 11) is 0. The monoisotopic (exact) mass is 338 g/mol. The number of carbonyl (C=O) groups is 2. The van der Waals surface area contributed by atoms with Gasteiger partial charge in [-0.2, -0.15) is 0 Å². The van der Waals surface area contributed by atoms with E-state index in [0.717, 1.165) is 6.42 Å². The van der Waals surface area contributed by atoms with Crippen LogP contribution in [-0.4, -0.2) is 52.1 Å². The Morgan fingerprint density at radius 2 is 1.50 bits per heavy atom. The number of piperidine rings is 1. The molecule has 3 amide bonds. The lowest BCUT2D eigenvalue weighted by atomic mass is 10.0. The number of fused-ring (bicyclic) bond motifs is 1. The van der Waals surface area contributed by atoms with E-state index in [9.17, 15) is 9.59 Å². The Hall–Kier alpha value is -1.30. The van der Waals surface area contributed by atoms with E-state index >= 15 is 0 Å². The summed E-state index contributed by atoms with van der Waals surface area (Å²) in [5, 5.41) is 9.62. The number of nitrogens with zero attached hydrogens (tertiary/aromatic N) is 1. The fraction of sp³-hybridized carbons (Fsp3) is 0.889. The van der Waals surface area contributed by atoms with E-state index < -0.39 is 0 Å². The van der Waals surface area contributed by atoms with Crippen molar-refractivity contribution in [3.8, 4) is 0 Å². The van der Waals surface area contributed by atoms with Crippen molar-refractivity contribution >= 4 is 11.9 Å². The second-order valence-electron chi connectivity index (χ2n) is 9.58. The first-order valence-corrected chi connectivity index (χ1v) is 8.99. The summed E-state index contributed by atoms with van der Waals surface area (Å²) >= 11 is 0. The summed E-state index contributed by atoms with van der Waals surface area (Å²) in [5.74, 6) is -0.0900. The Morgan fingerprint density at radius 3 is 1.96 bits per heavy atom. The van der Waals surface area contributed by atoms with E-state index in [2.05, 4.69) is 29.8 Å². The molecule has 0 aromatic carbocycles. The molecule has 2 fully saturated rings. The molecule has 1 aliphatic heterocycles. The smallest absolute Gasteiger partial charge is 0.318 e. The molecule has 6 nitrogen and oxygen atoms in total. The van der Waals surface area contributed by atoms with Crippen LogP contribution in [0, 0.1) is 5.92 Å². The number of hydrogen-bond donors (Lipinski definition) is 3. The highest BCUT2D eigenvalue weighted by molar-refractivity contribution is 5.86. The van der Waals surface area contributed by atoms with Gasteiger partial charge in [-0.15, -0.1) is 0 Å². The Labute approximate surface area is 146 Å². The summed E-state index contributed by atoms with van der Waals surface area (Å²) in [6.07, 6.45) is 0.786. The van der Waals surface area contributed by atoms with Gasteiger partial charge in [0.1, 0.15) is 0 Å². The molecule has 3 N–H and O–H groups in total. The Kier molecular flexibility index (Phi) is 4.92. The number of rotatable bonds is 3. The topological polar surface area (TPSA) is 73.2 Å². The van der Waals surface area contributed by atoms with Gasteiger partial charge >= 0.3 is 6.03 Å². The fourth-order valence-electron chi connectivity index (χ4n) is 3.66. The van der Waals surface area contributed by atoms with Gasteiger partial charge in [0, 0.05) is 23.2 Å². The molecule has 1 heterocycles. The third-order valence-corrected chi connectivity index (χ3v) is 4.33. The molecule has 1 saturated carbocycles. The molecule has 0 aromatic rings. The number of hydrogen-bond acceptors (Lipinski definition) is 3. The maximum absolute atomic E-state index is 12.7. The van der Waals surface area contributed by atoms with Crippen LogP contribution >= 0.6 is 0 Å². The predicted molar refractivity (Wildman–Crippen MR) is 95.8 cm³/mol. The molecule has 24 heavy (non-hydrogen) atoms. The van der Waals surface area contributed by atoms with Crippen LogP contribution in [0.5, 0.6) is 0 Å². The van der Waals surface area contributed by atoms with Crippen molar-refractivity contribution in [1.29, 1.82) is 0 Å². The van der Waals surface area contributed by atoms with Crippen molar-refractivity contribution < 1.29 is 9.59 Å². The molecule has 0 spiro atoms. The molecule has 2 aliphatic rings. The van der Waals surface area contributed by atoms with Crippen molar-refractivity contribution in [3.05, 3.63) is 0 Å². The highest BCUT2D eigenvalue weighted by atomic mass is 16.2. The largest absolute Gasteiger partial charge is 0.351 e. The standard InChI is InChI=1S/C18H34N4O2/c1-10(2)19-12-9-11(15(23)20-17(3,4)5)13-14(12)22(13)16(24)21-18(6,7)8/h10-14,19H,9H2,1-8H3,(H,20,23)(H,21,24). The first kappa shape index (κ1) is 19.0. The van der Waals surface area contributed by atoms with Crippen LogP contribution in [0.15, 0.2) is 0 Å². The van der Waals surface area contributed by atoms with Gasteiger partial charge < -0.3 is 20.9 Å². The fourth-order valence-corrected chi connectivity index (χ4v) is 3.66. The van der Waals surface area contributed by atoms with Crippen molar-refractivity contribution in [2.45, 2.75) is 97.1 Å². The SMILES string of the molecule is CC(C)NC1CC(C(=O)NC(C)(C)C)C2C1N2C(=O)NC(C)(C)C. The van der Waals surface area contributed by atoms with E-state index in [-0.39, 0.29) is 47.1 Å². The Morgan fingerprint density at radius 1 is 0.958 bits per heavy atom. The summed E-state index contributed by atoms with van der Waals surface area (Å²) in [6, 6.07) is 0.558. The molecular weight excluding hydrogens is 304 g/mol. The quantitative estimate of drug-likeness (QED) is 0.688. The van der Waals surface area contributed by atoms with Gasteiger partial charge in [-0.25, -0.2) is 4.79 Å². The van der Waals surface area contributed by atoms with Crippen LogP contribution in [0.1, 0.15) is 61.8 Å². The zero-order valence-electron chi connectivity index (χ0n) is 16.4. The zero-order chi connectivity index (χ0) is 18.4. The molecule has 1 saturated heterocycles. The molecule has 0 bridgehead atoms. The lowest BCUT2D eigenvalue weighted by Crippen LogP contribution is -2.49. The molecule has 2 rings (SSSR count). The van der Waals surface area contributed by atoms with Crippen molar-refractivity contribution in [1.82, 2.24) is 20.9 Å². The summed E-state index contributed by atoms with van der Waals surface area (Å²) < 4.78 is 0. The minimum absolute atomic E-state index is 0.00551. The maximum Gasteiger partial charge on any atom is 0.318 e. The minimum Gasteiger partial charge on any atom is -0.351 e. The van der Waals surface area contributed by atoms with Gasteiger partial charge in [0.05, 0.1) is 18.0 Å². The van der Waals surface area contributed by atoms with Gasteiger partial charge in [0.25, 0.3) is 0 Å². The molecule has 138 valence electrons. The number of urea groups is 1. The van der Waals surface area contributed by atoms with Gasteiger partial charge in [-0.3, -0.25) is 4.79 Å². The Bertz CT molecular complexity index is 504. The maximum atomic E-state index is 12.7. The molecule has 6 heteroatoms. The lowest BCUT2D eigenvalue weighted by Gasteiger charge is -2.28. The van der Waals surface area contributed by atoms with E-state index in [1.807, 2.05) is 46.4 Å². The first-order valence-electron chi connectivity index (χ1n) is 8.99. The third-order valence-electron chi connectivity index (χ3n) is 4.33. The molecule has 0 aromatic heterocycles. The van der Waals surface area contributed by atoms with E-state index in [1.54, 1.807) is 0 Å². The van der Waals surface area contributed by atoms with Crippen LogP contribution < -0.4 is 16.0 Å². The van der Waals surface area contributed by atoms with E-state index in [0.29, 0.717) is 6.04 Å². The second-order valence-corrected chi connectivity index (χ2v) is 9.58. The molecule has 4 atom stereocenters. The number of carbonyl (C=O) groups excluding carboxylic acids is 2. The molecular formula is C18H34N4O2. The van der Waals surface area contributed by atoms with Crippen LogP contribution in [0.3, 0.4) is 0 Å². The predicted octanol–water partition coefficient (Wildman–Crippen LogP) is 1.85. The highest BCUT2D eigenvalue weighted by Crippen LogP contribution is 2.47. The van der Waals surface area contributed by atoms with Crippen LogP contribution in [0.2, 0.25) is 0 Å². The average Bonchev–Trinajstić information content (AvgIpc) is 2.95. The number of amides is 3. The summed E-state index contributed by atoms with van der Waals surface area (Å²) in [6.45, 7) is 16.1. The van der Waals surface area contributed by atoms with Gasteiger partial charge in [-0.05, 0) is 48.0 Å². The average molecular weight is 338 g/mol. The van der Waals surface area contributed by atoms with Crippen molar-refractivity contribution in [2.24, 2.45) is 5.92 Å². The Balaban J connectivity index is 2.11. The van der Waals surface area contributed by atoms with Crippen LogP contribution in [0.4, 0.5) is 4.79 Å². The minimum atomic E-state index is -0.280. The van der Waals surface area contributed by atoms with Crippen LogP contribution in [-0.2, 0) is 4.79 Å². The number of likely N-dealkylation sites (tertiary alicyclic amines) is 1. The molecule has 4 unspecified atom stereocenters. The number of nitrogens with one attached hydrogen (secondary N) is 3. The van der Waals surface area contributed by atoms with Gasteiger partial charge in [-0.1, -0.05) is 13.8 Å². The van der Waals surface area contributed by atoms with E-state index in [1.165, 1.54) is 0 Å². The van der Waals surface area contributed by atoms with Crippen molar-refractivity contribution in [3.63, 3.8) is 0 Å². The molecule has 1 aliphatic carbocycles.